The Morgan fingerprint density at radius 3 is 2.65 bits per heavy atom. The molecule has 0 aliphatic rings. The zero-order chi connectivity index (χ0) is 18.4. The molecule has 1 aromatic carbocycles. The lowest BCUT2D eigenvalue weighted by Crippen LogP contribution is -2.12. The van der Waals surface area contributed by atoms with Gasteiger partial charge in [-0.3, -0.25) is 9.78 Å². The molecular weight excluding hydrogens is 334 g/mol. The molecule has 26 heavy (non-hydrogen) atoms. The Morgan fingerprint density at radius 1 is 1.15 bits per heavy atom. The second-order valence-corrected chi connectivity index (χ2v) is 5.59. The lowest BCUT2D eigenvalue weighted by atomic mass is 10.1. The van der Waals surface area contributed by atoms with Gasteiger partial charge in [0.2, 0.25) is 5.82 Å². The summed E-state index contributed by atoms with van der Waals surface area (Å²) in [5.74, 6) is 0.801. The molecule has 134 valence electrons. The Kier molecular flexibility index (Phi) is 5.65. The van der Waals surface area contributed by atoms with Gasteiger partial charge in [-0.2, -0.15) is 0 Å². The van der Waals surface area contributed by atoms with E-state index in [1.165, 1.54) is 6.92 Å². The number of hydrogen-bond acceptors (Lipinski definition) is 7. The first-order chi connectivity index (χ1) is 12.6. The highest BCUT2D eigenvalue weighted by Gasteiger charge is 2.14. The van der Waals surface area contributed by atoms with E-state index >= 15 is 0 Å². The van der Waals surface area contributed by atoms with E-state index in [2.05, 4.69) is 20.1 Å². The Bertz CT molecular complexity index is 862. The third-order valence-electron chi connectivity index (χ3n) is 3.52. The summed E-state index contributed by atoms with van der Waals surface area (Å²) in [5, 5.41) is 4.48. The minimum absolute atomic E-state index is 0.178. The van der Waals surface area contributed by atoms with Crippen molar-refractivity contribution in [1.82, 2.24) is 24.7 Å². The van der Waals surface area contributed by atoms with E-state index in [1.807, 2.05) is 31.2 Å². The normalized spacial score (nSPS) is 10.7. The maximum absolute atomic E-state index is 10.8. The highest BCUT2D eigenvalue weighted by Crippen LogP contribution is 2.21. The Labute approximate surface area is 150 Å². The van der Waals surface area contributed by atoms with Gasteiger partial charge < -0.3 is 9.47 Å². The number of aromatic nitrogens is 5. The van der Waals surface area contributed by atoms with E-state index < -0.39 is 0 Å². The lowest BCUT2D eigenvalue weighted by Gasteiger charge is -2.07. The van der Waals surface area contributed by atoms with Crippen LogP contribution in [0.2, 0.25) is 0 Å². The number of nitrogens with zero attached hydrogens (tertiary/aromatic N) is 5. The second kappa shape index (κ2) is 8.30. The van der Waals surface area contributed by atoms with Crippen LogP contribution in [-0.4, -0.2) is 43.9 Å². The molecule has 0 N–H and O–H groups in total. The molecule has 8 nitrogen and oxygen atoms in total. The number of carbonyl (C=O) groups excluding carboxylic acids is 1. The molecule has 2 heterocycles. The first-order valence-electron chi connectivity index (χ1n) is 8.13. The van der Waals surface area contributed by atoms with Gasteiger partial charge >= 0.3 is 5.97 Å². The van der Waals surface area contributed by atoms with Crippen molar-refractivity contribution >= 4 is 5.97 Å². The summed E-state index contributed by atoms with van der Waals surface area (Å²) in [6.45, 7) is 4.03. The summed E-state index contributed by atoms with van der Waals surface area (Å²) in [7, 11) is 0. The number of carbonyl (C=O) groups is 1. The topological polar surface area (TPSA) is 92.0 Å². The number of esters is 1. The van der Waals surface area contributed by atoms with E-state index in [1.54, 1.807) is 23.3 Å². The number of hydrogen-bond donors (Lipinski definition) is 0. The van der Waals surface area contributed by atoms with E-state index in [0.29, 0.717) is 17.3 Å². The van der Waals surface area contributed by atoms with E-state index in [0.717, 1.165) is 11.1 Å². The highest BCUT2D eigenvalue weighted by molar-refractivity contribution is 5.65. The van der Waals surface area contributed by atoms with Crippen LogP contribution in [0.5, 0.6) is 0 Å². The Balaban J connectivity index is 1.82. The molecule has 0 saturated carbocycles. The second-order valence-electron chi connectivity index (χ2n) is 5.59. The average Bonchev–Trinajstić information content (AvgIpc) is 3.07. The molecule has 3 rings (SSSR count). The minimum Gasteiger partial charge on any atom is -0.463 e. The number of aryl methyl sites for hydroxylation is 1. The first kappa shape index (κ1) is 17.7. The number of ether oxygens (including phenoxy) is 2. The van der Waals surface area contributed by atoms with Crippen molar-refractivity contribution in [3.05, 3.63) is 48.4 Å². The Hall–Kier alpha value is -3.13. The molecule has 3 aromatic rings. The van der Waals surface area contributed by atoms with Crippen LogP contribution >= 0.6 is 0 Å². The smallest absolute Gasteiger partial charge is 0.302 e. The van der Waals surface area contributed by atoms with Gasteiger partial charge in [0.05, 0.1) is 12.8 Å². The van der Waals surface area contributed by atoms with Crippen LogP contribution < -0.4 is 0 Å². The van der Waals surface area contributed by atoms with Crippen molar-refractivity contribution in [2.75, 3.05) is 13.2 Å². The molecule has 0 fully saturated rings. The quantitative estimate of drug-likeness (QED) is 0.475. The molecule has 0 aliphatic carbocycles. The van der Waals surface area contributed by atoms with Crippen molar-refractivity contribution in [3.63, 3.8) is 0 Å². The van der Waals surface area contributed by atoms with E-state index in [9.17, 15) is 4.79 Å². The fourth-order valence-electron chi connectivity index (χ4n) is 2.27. The summed E-state index contributed by atoms with van der Waals surface area (Å²) >= 11 is 0. The van der Waals surface area contributed by atoms with Gasteiger partial charge in [0.15, 0.2) is 5.82 Å². The molecule has 8 heteroatoms. The van der Waals surface area contributed by atoms with Gasteiger partial charge in [-0.05, 0) is 6.92 Å². The monoisotopic (exact) mass is 353 g/mol. The molecule has 0 spiro atoms. The zero-order valence-corrected chi connectivity index (χ0v) is 14.6. The van der Waals surface area contributed by atoms with Crippen molar-refractivity contribution < 1.29 is 14.3 Å². The largest absolute Gasteiger partial charge is 0.463 e. The molecule has 0 atom stereocenters. The zero-order valence-electron chi connectivity index (χ0n) is 14.6. The van der Waals surface area contributed by atoms with Gasteiger partial charge in [0.25, 0.3) is 0 Å². The fourth-order valence-corrected chi connectivity index (χ4v) is 2.27. The van der Waals surface area contributed by atoms with Crippen LogP contribution in [0.1, 0.15) is 12.5 Å². The molecule has 2 aromatic heterocycles. The summed E-state index contributed by atoms with van der Waals surface area (Å²) in [6.07, 6.45) is 4.80. The molecule has 0 saturated heterocycles. The molecule has 0 amide bonds. The Morgan fingerprint density at radius 2 is 1.96 bits per heavy atom. The first-order valence-corrected chi connectivity index (χ1v) is 8.13. The van der Waals surface area contributed by atoms with Gasteiger partial charge in [-0.25, -0.2) is 14.6 Å². The summed E-state index contributed by atoms with van der Waals surface area (Å²) in [6, 6.07) is 7.99. The maximum atomic E-state index is 10.8. The van der Waals surface area contributed by atoms with Crippen molar-refractivity contribution in [2.45, 2.75) is 20.6 Å². The molecule has 0 aliphatic heterocycles. The van der Waals surface area contributed by atoms with Gasteiger partial charge in [-0.15, -0.1) is 5.10 Å². The molecule has 0 unspecified atom stereocenters. The van der Waals surface area contributed by atoms with Crippen LogP contribution in [0.3, 0.4) is 0 Å². The highest BCUT2D eigenvalue weighted by atomic mass is 16.6. The standard InChI is InChI=1S/C18H19N5O3/c1-13-3-5-15(6-4-13)18-21-17(16-11-19-7-8-20-16)22-23(18)12-25-9-10-26-14(2)24/h3-8,11H,9-10,12H2,1-2H3. The van der Waals surface area contributed by atoms with Crippen LogP contribution in [0.25, 0.3) is 22.9 Å². The SMILES string of the molecule is CC(=O)OCCOCn1nc(-c2cnccn2)nc1-c1ccc(C)cc1. The fraction of sp³-hybridized carbons (Fsp3) is 0.278. The van der Waals surface area contributed by atoms with Gasteiger partial charge in [0.1, 0.15) is 19.0 Å². The van der Waals surface area contributed by atoms with Gasteiger partial charge in [-0.1, -0.05) is 29.8 Å². The molecule has 0 bridgehead atoms. The van der Waals surface area contributed by atoms with E-state index in [-0.39, 0.29) is 25.9 Å². The summed E-state index contributed by atoms with van der Waals surface area (Å²) < 4.78 is 12.1. The van der Waals surface area contributed by atoms with Crippen LogP contribution in [0.15, 0.2) is 42.9 Å². The third kappa shape index (κ3) is 4.48. The summed E-state index contributed by atoms with van der Waals surface area (Å²) in [4.78, 5) is 23.7. The van der Waals surface area contributed by atoms with Crippen LogP contribution in [-0.2, 0) is 21.0 Å². The molecule has 0 radical (unpaired) electrons. The van der Waals surface area contributed by atoms with Crippen LogP contribution in [0, 0.1) is 6.92 Å². The van der Waals surface area contributed by atoms with Crippen LogP contribution in [0.4, 0.5) is 0 Å². The van der Waals surface area contributed by atoms with Crippen molar-refractivity contribution in [2.24, 2.45) is 0 Å². The van der Waals surface area contributed by atoms with Gasteiger partial charge in [0, 0.05) is 24.9 Å². The van der Waals surface area contributed by atoms with Crippen molar-refractivity contribution in [3.8, 4) is 22.9 Å². The van der Waals surface area contributed by atoms with Crippen molar-refractivity contribution in [1.29, 1.82) is 0 Å². The maximum Gasteiger partial charge on any atom is 0.302 e. The summed E-state index contributed by atoms with van der Waals surface area (Å²) in [5.41, 5.74) is 2.66. The lowest BCUT2D eigenvalue weighted by molar-refractivity contribution is -0.142. The predicted molar refractivity (Wildman–Crippen MR) is 93.8 cm³/mol. The average molecular weight is 353 g/mol. The minimum atomic E-state index is -0.334. The number of rotatable bonds is 7. The molecular formula is C18H19N5O3. The predicted octanol–water partition coefficient (Wildman–Crippen LogP) is 2.25. The third-order valence-corrected chi connectivity index (χ3v) is 3.52. The number of benzene rings is 1. The van der Waals surface area contributed by atoms with E-state index in [4.69, 9.17) is 9.47 Å².